The summed E-state index contributed by atoms with van der Waals surface area (Å²) in [5.74, 6) is 2.84. The van der Waals surface area contributed by atoms with Crippen LogP contribution in [0.2, 0.25) is 0 Å². The van der Waals surface area contributed by atoms with Crippen LogP contribution in [0.25, 0.3) is 0 Å². The monoisotopic (exact) mass is 250 g/mol. The summed E-state index contributed by atoms with van der Waals surface area (Å²) < 4.78 is 11.0. The lowest BCUT2D eigenvalue weighted by molar-refractivity contribution is 0.278. The molecule has 0 aromatic rings. The second-order valence-corrected chi connectivity index (χ2v) is 4.59. The Morgan fingerprint density at radius 2 is 1.56 bits per heavy atom. The van der Waals surface area contributed by atoms with Crippen LogP contribution in [0.3, 0.4) is 0 Å². The number of hydrogen-bond donors (Lipinski definition) is 0. The first-order valence-electron chi connectivity index (χ1n) is 6.97. The van der Waals surface area contributed by atoms with Crippen LogP contribution >= 0.6 is 0 Å². The van der Waals surface area contributed by atoms with Crippen molar-refractivity contribution in [1.82, 2.24) is 0 Å². The Kier molecular flexibility index (Phi) is 6.03. The summed E-state index contributed by atoms with van der Waals surface area (Å²) in [6, 6.07) is 0. The Bertz CT molecular complexity index is 361. The van der Waals surface area contributed by atoms with Crippen molar-refractivity contribution >= 4 is 0 Å². The zero-order chi connectivity index (χ0) is 13.5. The van der Waals surface area contributed by atoms with Gasteiger partial charge in [0.15, 0.2) is 0 Å². The molecule has 0 N–H and O–H groups in total. The molecule has 2 heteroatoms. The van der Waals surface area contributed by atoms with Crippen molar-refractivity contribution < 1.29 is 9.47 Å². The van der Waals surface area contributed by atoms with E-state index in [9.17, 15) is 0 Å². The van der Waals surface area contributed by atoms with E-state index in [1.165, 1.54) is 17.6 Å². The molecule has 102 valence electrons. The molecule has 2 aliphatic carbocycles. The van der Waals surface area contributed by atoms with Gasteiger partial charge in [-0.1, -0.05) is 20.8 Å². The molecule has 0 spiro atoms. The molecule has 2 nitrogen and oxygen atoms in total. The lowest BCUT2D eigenvalue weighted by Gasteiger charge is -2.26. The van der Waals surface area contributed by atoms with Gasteiger partial charge in [-0.15, -0.1) is 0 Å². The highest BCUT2D eigenvalue weighted by atomic mass is 16.5. The maximum Gasteiger partial charge on any atom is 0.118 e. The van der Waals surface area contributed by atoms with E-state index >= 15 is 0 Å². The molecule has 0 saturated heterocycles. The summed E-state index contributed by atoms with van der Waals surface area (Å²) in [7, 11) is 3.51. The van der Waals surface area contributed by atoms with E-state index in [1.807, 2.05) is 13.8 Å². The summed E-state index contributed by atoms with van der Waals surface area (Å²) in [5.41, 5.74) is 2.71. The van der Waals surface area contributed by atoms with Crippen LogP contribution in [0.5, 0.6) is 0 Å². The van der Waals surface area contributed by atoms with Crippen LogP contribution < -0.4 is 0 Å². The minimum absolute atomic E-state index is 0.744. The highest BCUT2D eigenvalue weighted by molar-refractivity contribution is 5.44. The second-order valence-electron chi connectivity index (χ2n) is 4.59. The van der Waals surface area contributed by atoms with Gasteiger partial charge < -0.3 is 9.47 Å². The number of rotatable bonds is 2. The third kappa shape index (κ3) is 3.18. The quantitative estimate of drug-likeness (QED) is 0.713. The molecule has 0 amide bonds. The zero-order valence-corrected chi connectivity index (χ0v) is 12.4. The zero-order valence-electron chi connectivity index (χ0n) is 12.4. The average molecular weight is 250 g/mol. The first-order chi connectivity index (χ1) is 8.76. The smallest absolute Gasteiger partial charge is 0.118 e. The van der Waals surface area contributed by atoms with E-state index < -0.39 is 0 Å². The van der Waals surface area contributed by atoms with E-state index in [-0.39, 0.29) is 0 Å². The lowest BCUT2D eigenvalue weighted by Crippen LogP contribution is -2.11. The molecule has 0 saturated carbocycles. The standard InChI is InChI=1S/C14H20O2.C2H6/c1-10-7-8-11-12(9-10)14(16-3)6-4-5-13(11)15-2;1-2/h5-6,10H,4,7-9H2,1-3H3;1-2H3. The molecule has 18 heavy (non-hydrogen) atoms. The molecular formula is C16H26O2. The van der Waals surface area contributed by atoms with Crippen LogP contribution in [0.15, 0.2) is 34.8 Å². The SMILES string of the molecule is CC.COC1=CCC=C(OC)C2=C1CCC(C)C2. The van der Waals surface area contributed by atoms with Gasteiger partial charge in [-0.05, 0) is 43.8 Å². The Balaban J connectivity index is 0.000000771. The third-order valence-corrected chi connectivity index (χ3v) is 3.45. The molecule has 0 aliphatic heterocycles. The van der Waals surface area contributed by atoms with Crippen molar-refractivity contribution in [3.05, 3.63) is 34.8 Å². The van der Waals surface area contributed by atoms with E-state index in [0.29, 0.717) is 0 Å². The predicted octanol–water partition coefficient (Wildman–Crippen LogP) is 4.59. The normalized spacial score (nSPS) is 22.8. The van der Waals surface area contributed by atoms with Gasteiger partial charge in [-0.2, -0.15) is 0 Å². The van der Waals surface area contributed by atoms with Crippen molar-refractivity contribution in [3.8, 4) is 0 Å². The number of hydrogen-bond acceptors (Lipinski definition) is 2. The van der Waals surface area contributed by atoms with Gasteiger partial charge in [-0.25, -0.2) is 0 Å². The van der Waals surface area contributed by atoms with Gasteiger partial charge in [0.05, 0.1) is 14.2 Å². The third-order valence-electron chi connectivity index (χ3n) is 3.45. The maximum atomic E-state index is 5.50. The van der Waals surface area contributed by atoms with Gasteiger partial charge in [0, 0.05) is 11.1 Å². The van der Waals surface area contributed by atoms with Crippen LogP contribution in [-0.4, -0.2) is 14.2 Å². The number of methoxy groups -OCH3 is 2. The second kappa shape index (κ2) is 7.30. The first kappa shape index (κ1) is 14.9. The summed E-state index contributed by atoms with van der Waals surface area (Å²) in [6.45, 7) is 6.30. The van der Waals surface area contributed by atoms with Crippen molar-refractivity contribution in [2.75, 3.05) is 14.2 Å². The molecule has 2 aliphatic rings. The van der Waals surface area contributed by atoms with Crippen molar-refractivity contribution in [1.29, 1.82) is 0 Å². The molecule has 0 aromatic heterocycles. The summed E-state index contributed by atoms with van der Waals surface area (Å²) in [5, 5.41) is 0. The fraction of sp³-hybridized carbons (Fsp3) is 0.625. The fourth-order valence-corrected chi connectivity index (χ4v) is 2.57. The van der Waals surface area contributed by atoms with E-state index in [2.05, 4.69) is 19.1 Å². The highest BCUT2D eigenvalue weighted by Crippen LogP contribution is 2.38. The van der Waals surface area contributed by atoms with Gasteiger partial charge in [0.25, 0.3) is 0 Å². The van der Waals surface area contributed by atoms with Crippen molar-refractivity contribution in [3.63, 3.8) is 0 Å². The van der Waals surface area contributed by atoms with Crippen LogP contribution in [0, 0.1) is 5.92 Å². The molecule has 1 atom stereocenters. The van der Waals surface area contributed by atoms with Crippen LogP contribution in [0.1, 0.15) is 46.5 Å². The number of ether oxygens (including phenoxy) is 2. The van der Waals surface area contributed by atoms with Crippen molar-refractivity contribution in [2.45, 2.75) is 46.5 Å². The topological polar surface area (TPSA) is 18.5 Å². The Morgan fingerprint density at radius 1 is 1.00 bits per heavy atom. The Labute approximate surface area is 111 Å². The van der Waals surface area contributed by atoms with Crippen LogP contribution in [-0.2, 0) is 9.47 Å². The Morgan fingerprint density at radius 3 is 2.11 bits per heavy atom. The molecule has 0 aromatic carbocycles. The molecule has 0 heterocycles. The average Bonchev–Trinajstić information content (AvgIpc) is 2.59. The fourth-order valence-electron chi connectivity index (χ4n) is 2.57. The van der Waals surface area contributed by atoms with Crippen LogP contribution in [0.4, 0.5) is 0 Å². The predicted molar refractivity (Wildman–Crippen MR) is 76.2 cm³/mol. The molecule has 2 rings (SSSR count). The van der Waals surface area contributed by atoms with Gasteiger partial charge >= 0.3 is 0 Å². The molecule has 1 unspecified atom stereocenters. The largest absolute Gasteiger partial charge is 0.497 e. The molecule has 0 bridgehead atoms. The summed E-state index contributed by atoms with van der Waals surface area (Å²) in [4.78, 5) is 0. The van der Waals surface area contributed by atoms with Crippen molar-refractivity contribution in [2.24, 2.45) is 5.92 Å². The molecular weight excluding hydrogens is 224 g/mol. The maximum absolute atomic E-state index is 5.50. The summed E-state index contributed by atoms with van der Waals surface area (Å²) in [6.07, 6.45) is 8.66. The van der Waals surface area contributed by atoms with E-state index in [0.717, 1.165) is 36.7 Å². The lowest BCUT2D eigenvalue weighted by atomic mass is 9.83. The highest BCUT2D eigenvalue weighted by Gasteiger charge is 2.25. The Hall–Kier alpha value is -1.18. The minimum atomic E-state index is 0.744. The minimum Gasteiger partial charge on any atom is -0.497 e. The van der Waals surface area contributed by atoms with E-state index in [4.69, 9.17) is 9.47 Å². The molecule has 0 radical (unpaired) electrons. The van der Waals surface area contributed by atoms with E-state index in [1.54, 1.807) is 14.2 Å². The van der Waals surface area contributed by atoms with Gasteiger partial charge in [-0.3, -0.25) is 0 Å². The molecule has 0 fully saturated rings. The number of allylic oxidation sites excluding steroid dienone is 4. The summed E-state index contributed by atoms with van der Waals surface area (Å²) >= 11 is 0. The first-order valence-corrected chi connectivity index (χ1v) is 6.97. The van der Waals surface area contributed by atoms with Gasteiger partial charge in [0.2, 0.25) is 0 Å². The van der Waals surface area contributed by atoms with Gasteiger partial charge in [0.1, 0.15) is 11.5 Å².